The molecule has 1 aliphatic heterocycles. The van der Waals surface area contributed by atoms with E-state index in [2.05, 4.69) is 4.72 Å². The third-order valence-corrected chi connectivity index (χ3v) is 6.05. The van der Waals surface area contributed by atoms with Crippen LogP contribution in [0.4, 0.5) is 0 Å². The Bertz CT molecular complexity index is 560. The van der Waals surface area contributed by atoms with Crippen molar-refractivity contribution >= 4 is 27.3 Å². The summed E-state index contributed by atoms with van der Waals surface area (Å²) in [6.07, 6.45) is 2.65. The van der Waals surface area contributed by atoms with Crippen LogP contribution in [0.2, 0.25) is 0 Å². The zero-order valence-corrected chi connectivity index (χ0v) is 12.5. The maximum absolute atomic E-state index is 12.0. The predicted molar refractivity (Wildman–Crippen MR) is 74.4 cm³/mol. The Kier molecular flexibility index (Phi) is 5.14. The molecular weight excluding hydrogens is 302 g/mol. The van der Waals surface area contributed by atoms with Gasteiger partial charge in [-0.3, -0.25) is 4.79 Å². The monoisotopic (exact) mass is 319 g/mol. The Hall–Kier alpha value is -0.960. The van der Waals surface area contributed by atoms with Gasteiger partial charge in [0.15, 0.2) is 0 Å². The van der Waals surface area contributed by atoms with Crippen molar-refractivity contribution in [3.8, 4) is 0 Å². The van der Waals surface area contributed by atoms with E-state index in [9.17, 15) is 13.2 Å². The Labute approximate surface area is 121 Å². The molecule has 0 radical (unpaired) electrons. The number of ether oxygens (including phenoxy) is 1. The average molecular weight is 319 g/mol. The smallest absolute Gasteiger partial charge is 0.308 e. The second-order valence-electron chi connectivity index (χ2n) is 4.61. The molecule has 6 nitrogen and oxygen atoms in total. The number of carboxylic acid groups (broad SMARTS) is 1. The number of hydrogen-bond acceptors (Lipinski definition) is 5. The highest BCUT2D eigenvalue weighted by Crippen LogP contribution is 2.22. The van der Waals surface area contributed by atoms with Gasteiger partial charge in [0.2, 0.25) is 10.0 Å². The minimum absolute atomic E-state index is 0.142. The van der Waals surface area contributed by atoms with Gasteiger partial charge >= 0.3 is 5.97 Å². The zero-order chi connectivity index (χ0) is 14.6. The van der Waals surface area contributed by atoms with E-state index < -0.39 is 16.0 Å². The number of carbonyl (C=O) groups is 1. The van der Waals surface area contributed by atoms with Gasteiger partial charge in [-0.2, -0.15) is 0 Å². The second-order valence-corrected chi connectivity index (χ2v) is 7.77. The largest absolute Gasteiger partial charge is 0.481 e. The van der Waals surface area contributed by atoms with Gasteiger partial charge in [0, 0.05) is 18.0 Å². The first-order valence-corrected chi connectivity index (χ1v) is 8.69. The van der Waals surface area contributed by atoms with Crippen molar-refractivity contribution in [3.05, 3.63) is 17.0 Å². The fourth-order valence-corrected chi connectivity index (χ4v) is 4.48. The molecule has 1 atom stereocenters. The van der Waals surface area contributed by atoms with Gasteiger partial charge in [0.1, 0.15) is 4.21 Å². The van der Waals surface area contributed by atoms with Crippen LogP contribution in [0, 0.1) is 0 Å². The minimum Gasteiger partial charge on any atom is -0.481 e. The van der Waals surface area contributed by atoms with E-state index in [0.29, 0.717) is 17.8 Å². The van der Waals surface area contributed by atoms with E-state index in [1.807, 2.05) is 0 Å². The Morgan fingerprint density at radius 3 is 2.95 bits per heavy atom. The molecule has 2 rings (SSSR count). The summed E-state index contributed by atoms with van der Waals surface area (Å²) in [6.45, 7) is 1.08. The fraction of sp³-hybridized carbons (Fsp3) is 0.583. The molecule has 20 heavy (non-hydrogen) atoms. The lowest BCUT2D eigenvalue weighted by Gasteiger charge is -2.09. The number of thiophene rings is 1. The summed E-state index contributed by atoms with van der Waals surface area (Å²) in [5, 5.41) is 8.67. The maximum atomic E-state index is 12.0. The quantitative estimate of drug-likeness (QED) is 0.788. The molecule has 0 spiro atoms. The van der Waals surface area contributed by atoms with Gasteiger partial charge in [0.05, 0.1) is 12.5 Å². The summed E-state index contributed by atoms with van der Waals surface area (Å²) >= 11 is 0.988. The third kappa shape index (κ3) is 4.27. The van der Waals surface area contributed by atoms with Crippen LogP contribution < -0.4 is 4.72 Å². The van der Waals surface area contributed by atoms with Crippen molar-refractivity contribution in [2.24, 2.45) is 0 Å². The highest BCUT2D eigenvalue weighted by atomic mass is 32.2. The number of nitrogens with one attached hydrogen (secondary N) is 1. The zero-order valence-electron chi connectivity index (χ0n) is 10.9. The first-order chi connectivity index (χ1) is 9.47. The van der Waals surface area contributed by atoms with Crippen molar-refractivity contribution < 1.29 is 23.1 Å². The molecule has 1 aromatic rings. The Morgan fingerprint density at radius 2 is 2.30 bits per heavy atom. The van der Waals surface area contributed by atoms with E-state index in [-0.39, 0.29) is 16.7 Å². The molecule has 2 N–H and O–H groups in total. The predicted octanol–water partition coefficient (Wildman–Crippen LogP) is 1.22. The van der Waals surface area contributed by atoms with E-state index >= 15 is 0 Å². The Balaban J connectivity index is 1.88. The Morgan fingerprint density at radius 1 is 1.50 bits per heavy atom. The molecule has 0 aliphatic carbocycles. The fourth-order valence-electron chi connectivity index (χ4n) is 2.04. The summed E-state index contributed by atoms with van der Waals surface area (Å²) in [5.74, 6) is -0.970. The molecule has 1 aliphatic rings. The molecule has 1 aromatic heterocycles. The van der Waals surface area contributed by atoms with Gasteiger partial charge in [-0.25, -0.2) is 13.1 Å². The van der Waals surface area contributed by atoms with E-state index in [0.717, 1.165) is 30.8 Å². The van der Waals surface area contributed by atoms with Crippen LogP contribution >= 0.6 is 11.3 Å². The van der Waals surface area contributed by atoms with Crippen LogP contribution in [-0.4, -0.2) is 38.7 Å². The summed E-state index contributed by atoms with van der Waals surface area (Å²) in [5.41, 5.74) is 0. The topological polar surface area (TPSA) is 92.7 Å². The highest BCUT2D eigenvalue weighted by molar-refractivity contribution is 7.91. The normalized spacial score (nSPS) is 19.3. The van der Waals surface area contributed by atoms with Crippen molar-refractivity contribution in [1.82, 2.24) is 4.72 Å². The summed E-state index contributed by atoms with van der Waals surface area (Å²) in [4.78, 5) is 11.1. The number of aliphatic carboxylic acids is 1. The lowest BCUT2D eigenvalue weighted by molar-refractivity contribution is -0.136. The molecule has 8 heteroatoms. The van der Waals surface area contributed by atoms with Crippen molar-refractivity contribution in [3.63, 3.8) is 0 Å². The molecule has 0 aromatic carbocycles. The van der Waals surface area contributed by atoms with Crippen molar-refractivity contribution in [2.45, 2.75) is 36.0 Å². The van der Waals surface area contributed by atoms with Crippen molar-refractivity contribution in [2.75, 3.05) is 13.2 Å². The molecule has 0 saturated carbocycles. The van der Waals surface area contributed by atoms with E-state index in [1.54, 1.807) is 0 Å². The second kappa shape index (κ2) is 6.66. The lowest BCUT2D eigenvalue weighted by Crippen LogP contribution is -2.26. The van der Waals surface area contributed by atoms with Crippen LogP contribution in [0.1, 0.15) is 24.1 Å². The summed E-state index contributed by atoms with van der Waals surface area (Å²) < 4.78 is 32.1. The maximum Gasteiger partial charge on any atom is 0.308 e. The number of carboxylic acids is 1. The molecule has 0 bridgehead atoms. The van der Waals surface area contributed by atoms with Crippen LogP contribution in [0.5, 0.6) is 0 Å². The molecule has 1 fully saturated rings. The van der Waals surface area contributed by atoms with Gasteiger partial charge in [-0.05, 0) is 31.4 Å². The molecule has 1 saturated heterocycles. The van der Waals surface area contributed by atoms with Gasteiger partial charge in [-0.1, -0.05) is 0 Å². The summed E-state index contributed by atoms with van der Waals surface area (Å²) in [6, 6.07) is 2.98. The van der Waals surface area contributed by atoms with Gasteiger partial charge < -0.3 is 9.84 Å². The number of hydrogen-bond donors (Lipinski definition) is 2. The van der Waals surface area contributed by atoms with Crippen LogP contribution in [0.15, 0.2) is 16.3 Å². The first-order valence-electron chi connectivity index (χ1n) is 6.39. The lowest BCUT2D eigenvalue weighted by atomic mass is 10.2. The molecular formula is C12H17NO5S2. The summed E-state index contributed by atoms with van der Waals surface area (Å²) in [7, 11) is -3.55. The average Bonchev–Trinajstić information content (AvgIpc) is 2.99. The number of sulfonamides is 1. The van der Waals surface area contributed by atoms with E-state index in [4.69, 9.17) is 9.84 Å². The molecule has 112 valence electrons. The number of rotatable bonds is 7. The minimum atomic E-state index is -3.55. The molecule has 1 unspecified atom stereocenters. The molecule has 0 amide bonds. The highest BCUT2D eigenvalue weighted by Gasteiger charge is 2.19. The van der Waals surface area contributed by atoms with Gasteiger partial charge in [-0.15, -0.1) is 11.3 Å². The first kappa shape index (κ1) is 15.4. The molecule has 2 heterocycles. The van der Waals surface area contributed by atoms with E-state index in [1.165, 1.54) is 12.1 Å². The third-order valence-electron chi connectivity index (χ3n) is 3.01. The van der Waals surface area contributed by atoms with Crippen LogP contribution in [0.3, 0.4) is 0 Å². The van der Waals surface area contributed by atoms with Crippen LogP contribution in [0.25, 0.3) is 0 Å². The van der Waals surface area contributed by atoms with Crippen LogP contribution in [-0.2, 0) is 26.0 Å². The van der Waals surface area contributed by atoms with Crippen molar-refractivity contribution in [1.29, 1.82) is 0 Å². The SMILES string of the molecule is O=C(O)Cc1ccc(S(=O)(=O)NCCC2CCCO2)s1. The van der Waals surface area contributed by atoms with Gasteiger partial charge in [0.25, 0.3) is 0 Å². The standard InChI is InChI=1S/C12H17NO5S2/c14-11(15)8-10-3-4-12(19-10)20(16,17)13-6-5-9-2-1-7-18-9/h3-4,9,13H,1-2,5-8H2,(H,14,15).